The molecule has 0 aliphatic heterocycles. The van der Waals surface area contributed by atoms with Crippen LogP contribution in [0.15, 0.2) is 0 Å². The molecule has 1 aliphatic rings. The summed E-state index contributed by atoms with van der Waals surface area (Å²) in [5.74, 6) is 0.693. The summed E-state index contributed by atoms with van der Waals surface area (Å²) < 4.78 is 0. The first-order chi connectivity index (χ1) is 6.63. The van der Waals surface area contributed by atoms with E-state index in [0.29, 0.717) is 12.6 Å². The Kier molecular flexibility index (Phi) is 4.39. The average molecular weight is 198 g/mol. The zero-order chi connectivity index (χ0) is 10.6. The monoisotopic (exact) mass is 198 g/mol. The van der Waals surface area contributed by atoms with E-state index in [0.717, 1.165) is 5.92 Å². The fraction of sp³-hybridized carbons (Fsp3) is 0.909. The highest BCUT2D eigenvalue weighted by Crippen LogP contribution is 2.28. The van der Waals surface area contributed by atoms with Crippen LogP contribution in [0.2, 0.25) is 0 Å². The molecule has 0 unspecified atom stereocenters. The Morgan fingerprint density at radius 3 is 2.36 bits per heavy atom. The van der Waals surface area contributed by atoms with E-state index in [9.17, 15) is 4.79 Å². The molecule has 14 heavy (non-hydrogen) atoms. The summed E-state index contributed by atoms with van der Waals surface area (Å²) in [6.07, 6.45) is 6.37. The molecule has 82 valence electrons. The molecule has 0 aromatic heterocycles. The lowest BCUT2D eigenvalue weighted by molar-refractivity contribution is -0.119. The maximum atomic E-state index is 10.8. The van der Waals surface area contributed by atoms with Crippen LogP contribution in [0, 0.1) is 5.92 Å². The molecule has 0 radical (unpaired) electrons. The van der Waals surface area contributed by atoms with Crippen molar-refractivity contribution in [2.24, 2.45) is 11.7 Å². The number of nitrogens with zero attached hydrogens (tertiary/aromatic N) is 1. The second kappa shape index (κ2) is 5.35. The molecular weight excluding hydrogens is 176 g/mol. The number of hydrogen-bond acceptors (Lipinski definition) is 2. The number of likely N-dealkylation sites (N-methyl/N-ethyl adjacent to an activating group) is 1. The minimum Gasteiger partial charge on any atom is -0.369 e. The van der Waals surface area contributed by atoms with Gasteiger partial charge in [0, 0.05) is 6.04 Å². The fourth-order valence-corrected chi connectivity index (χ4v) is 2.37. The van der Waals surface area contributed by atoms with E-state index in [1.54, 1.807) is 0 Å². The van der Waals surface area contributed by atoms with Gasteiger partial charge >= 0.3 is 0 Å². The number of rotatable bonds is 4. The van der Waals surface area contributed by atoms with Crippen LogP contribution in [0.25, 0.3) is 0 Å². The summed E-state index contributed by atoms with van der Waals surface area (Å²) in [5.41, 5.74) is 5.17. The number of carbonyl (C=O) groups excluding carboxylic acids is 1. The molecule has 1 saturated carbocycles. The summed E-state index contributed by atoms with van der Waals surface area (Å²) in [6, 6.07) is 0.574. The van der Waals surface area contributed by atoms with Crippen LogP contribution in [0.1, 0.15) is 39.0 Å². The van der Waals surface area contributed by atoms with Crippen molar-refractivity contribution in [2.75, 3.05) is 13.6 Å². The zero-order valence-electron chi connectivity index (χ0n) is 9.33. The second-order valence-corrected chi connectivity index (χ2v) is 4.46. The molecule has 1 fully saturated rings. The van der Waals surface area contributed by atoms with Crippen molar-refractivity contribution in [3.05, 3.63) is 0 Å². The summed E-state index contributed by atoms with van der Waals surface area (Å²) in [6.45, 7) is 2.67. The van der Waals surface area contributed by atoms with Gasteiger partial charge in [-0.15, -0.1) is 0 Å². The maximum absolute atomic E-state index is 10.8. The number of primary amides is 1. The lowest BCUT2D eigenvalue weighted by Gasteiger charge is -2.33. The molecule has 0 spiro atoms. The molecule has 0 saturated heterocycles. The highest BCUT2D eigenvalue weighted by molar-refractivity contribution is 5.75. The van der Waals surface area contributed by atoms with Gasteiger partial charge in [-0.1, -0.05) is 13.3 Å². The third-order valence-corrected chi connectivity index (χ3v) is 3.42. The zero-order valence-corrected chi connectivity index (χ0v) is 9.33. The van der Waals surface area contributed by atoms with Gasteiger partial charge < -0.3 is 5.73 Å². The van der Waals surface area contributed by atoms with Crippen LogP contribution < -0.4 is 5.73 Å². The van der Waals surface area contributed by atoms with Gasteiger partial charge in [-0.05, 0) is 38.6 Å². The first-order valence-electron chi connectivity index (χ1n) is 5.62. The van der Waals surface area contributed by atoms with Gasteiger partial charge in [0.25, 0.3) is 0 Å². The Balaban J connectivity index is 2.30. The Labute approximate surface area is 86.6 Å². The van der Waals surface area contributed by atoms with Gasteiger partial charge in [0.2, 0.25) is 5.91 Å². The van der Waals surface area contributed by atoms with Crippen LogP contribution in [-0.2, 0) is 4.79 Å². The third-order valence-electron chi connectivity index (χ3n) is 3.42. The van der Waals surface area contributed by atoms with E-state index in [4.69, 9.17) is 5.73 Å². The van der Waals surface area contributed by atoms with E-state index < -0.39 is 0 Å². The van der Waals surface area contributed by atoms with E-state index in [1.165, 1.54) is 32.1 Å². The van der Waals surface area contributed by atoms with Gasteiger partial charge in [-0.2, -0.15) is 0 Å². The molecule has 0 atom stereocenters. The Morgan fingerprint density at radius 1 is 1.36 bits per heavy atom. The summed E-state index contributed by atoms with van der Waals surface area (Å²) >= 11 is 0. The molecule has 1 aliphatic carbocycles. The number of nitrogens with two attached hydrogens (primary N) is 1. The van der Waals surface area contributed by atoms with Crippen molar-refractivity contribution in [3.63, 3.8) is 0 Å². The lowest BCUT2D eigenvalue weighted by Crippen LogP contribution is -2.40. The van der Waals surface area contributed by atoms with E-state index in [-0.39, 0.29) is 5.91 Å². The van der Waals surface area contributed by atoms with Crippen LogP contribution in [0.4, 0.5) is 0 Å². The molecule has 0 bridgehead atoms. The van der Waals surface area contributed by atoms with E-state index in [2.05, 4.69) is 11.8 Å². The van der Waals surface area contributed by atoms with Crippen molar-refractivity contribution >= 4 is 5.91 Å². The first-order valence-corrected chi connectivity index (χ1v) is 5.62. The topological polar surface area (TPSA) is 46.3 Å². The molecular formula is C11H22N2O. The minimum absolute atomic E-state index is 0.217. The van der Waals surface area contributed by atoms with Crippen molar-refractivity contribution in [1.29, 1.82) is 0 Å². The first kappa shape index (κ1) is 11.5. The number of amides is 1. The van der Waals surface area contributed by atoms with Gasteiger partial charge in [0.15, 0.2) is 0 Å². The third kappa shape index (κ3) is 3.29. The molecule has 0 aromatic rings. The SMILES string of the molecule is CCC1CCC(N(C)CC(N)=O)CC1. The Bertz CT molecular complexity index is 186. The predicted octanol–water partition coefficient (Wildman–Crippen LogP) is 1.37. The standard InChI is InChI=1S/C11H22N2O/c1-3-9-4-6-10(7-5-9)13(2)8-11(12)14/h9-10H,3-8H2,1-2H3,(H2,12,14). The van der Waals surface area contributed by atoms with Gasteiger partial charge in [-0.3, -0.25) is 9.69 Å². The van der Waals surface area contributed by atoms with Gasteiger partial charge in [0.1, 0.15) is 0 Å². The maximum Gasteiger partial charge on any atom is 0.231 e. The summed E-state index contributed by atoms with van der Waals surface area (Å²) in [4.78, 5) is 12.9. The fourth-order valence-electron chi connectivity index (χ4n) is 2.37. The molecule has 0 heterocycles. The Hall–Kier alpha value is -0.570. The van der Waals surface area contributed by atoms with E-state index >= 15 is 0 Å². The van der Waals surface area contributed by atoms with Crippen LogP contribution in [0.3, 0.4) is 0 Å². The number of carbonyl (C=O) groups is 1. The van der Waals surface area contributed by atoms with Gasteiger partial charge in [0.05, 0.1) is 6.54 Å². The van der Waals surface area contributed by atoms with Crippen LogP contribution in [-0.4, -0.2) is 30.4 Å². The van der Waals surface area contributed by atoms with Crippen molar-refractivity contribution < 1.29 is 4.79 Å². The summed E-state index contributed by atoms with van der Waals surface area (Å²) in [7, 11) is 2.00. The molecule has 3 nitrogen and oxygen atoms in total. The minimum atomic E-state index is -0.217. The molecule has 1 rings (SSSR count). The predicted molar refractivity (Wildman–Crippen MR) is 57.9 cm³/mol. The highest BCUT2D eigenvalue weighted by Gasteiger charge is 2.23. The van der Waals surface area contributed by atoms with Crippen LogP contribution >= 0.6 is 0 Å². The quantitative estimate of drug-likeness (QED) is 0.741. The number of hydrogen-bond donors (Lipinski definition) is 1. The average Bonchev–Trinajstić information content (AvgIpc) is 2.17. The smallest absolute Gasteiger partial charge is 0.231 e. The normalized spacial score (nSPS) is 27.9. The van der Waals surface area contributed by atoms with Crippen molar-refractivity contribution in [2.45, 2.75) is 45.1 Å². The van der Waals surface area contributed by atoms with Gasteiger partial charge in [-0.25, -0.2) is 0 Å². The molecule has 2 N–H and O–H groups in total. The summed E-state index contributed by atoms with van der Waals surface area (Å²) in [5, 5.41) is 0. The van der Waals surface area contributed by atoms with E-state index in [1.807, 2.05) is 7.05 Å². The second-order valence-electron chi connectivity index (χ2n) is 4.46. The van der Waals surface area contributed by atoms with Crippen LogP contribution in [0.5, 0.6) is 0 Å². The van der Waals surface area contributed by atoms with Crippen molar-refractivity contribution in [1.82, 2.24) is 4.90 Å². The van der Waals surface area contributed by atoms with Crippen molar-refractivity contribution in [3.8, 4) is 0 Å². The molecule has 3 heteroatoms. The molecule has 1 amide bonds. The lowest BCUT2D eigenvalue weighted by atomic mass is 9.84. The Morgan fingerprint density at radius 2 is 1.93 bits per heavy atom. The largest absolute Gasteiger partial charge is 0.369 e. The highest BCUT2D eigenvalue weighted by atomic mass is 16.1. The molecule has 0 aromatic carbocycles.